The summed E-state index contributed by atoms with van der Waals surface area (Å²) < 4.78 is 0. The molecular weight excluding hydrogens is 112 g/mol. The highest BCUT2D eigenvalue weighted by atomic mass is 14.8. The van der Waals surface area contributed by atoms with Gasteiger partial charge >= 0.3 is 0 Å². The maximum atomic E-state index is 8.57. The van der Waals surface area contributed by atoms with E-state index in [1.165, 1.54) is 0 Å². The lowest BCUT2D eigenvalue weighted by molar-refractivity contribution is 0.526. The monoisotopic (exact) mass is 124 g/mol. The summed E-state index contributed by atoms with van der Waals surface area (Å²) in [6, 6.07) is 2.15. The van der Waals surface area contributed by atoms with Gasteiger partial charge in [0.1, 0.15) is 5.54 Å². The van der Waals surface area contributed by atoms with Crippen LogP contribution in [0.2, 0.25) is 0 Å². The van der Waals surface area contributed by atoms with Crippen LogP contribution < -0.4 is 5.73 Å². The van der Waals surface area contributed by atoms with Gasteiger partial charge in [0.25, 0.3) is 0 Å². The number of hydrogen-bond acceptors (Lipinski definition) is 2. The molecule has 0 aromatic heterocycles. The fraction of sp³-hybridized carbons (Fsp3) is 0.857. The molecule has 0 aromatic carbocycles. The number of rotatable bonds is 0. The van der Waals surface area contributed by atoms with Crippen molar-refractivity contribution < 1.29 is 0 Å². The highest BCUT2D eigenvalue weighted by Crippen LogP contribution is 2.31. The van der Waals surface area contributed by atoms with Crippen LogP contribution in [0.3, 0.4) is 0 Å². The lowest BCUT2D eigenvalue weighted by atomic mass is 10.0. The molecule has 50 valence electrons. The fourth-order valence-corrected chi connectivity index (χ4v) is 1.43. The summed E-state index contributed by atoms with van der Waals surface area (Å²) in [5.74, 6) is 0.648. The maximum Gasteiger partial charge on any atom is 0.104 e. The Hall–Kier alpha value is -0.550. The molecule has 2 atom stereocenters. The highest BCUT2D eigenvalue weighted by Gasteiger charge is 2.33. The van der Waals surface area contributed by atoms with E-state index in [0.29, 0.717) is 5.92 Å². The normalized spacial score (nSPS) is 42.6. The topological polar surface area (TPSA) is 49.8 Å². The molecule has 0 aromatic rings. The molecule has 0 radical (unpaired) electrons. The third-order valence-corrected chi connectivity index (χ3v) is 2.02. The lowest BCUT2D eigenvalue weighted by Crippen LogP contribution is -2.34. The predicted octanol–water partition coefficient (Wildman–Crippen LogP) is 1.03. The zero-order valence-electron chi connectivity index (χ0n) is 5.72. The van der Waals surface area contributed by atoms with Crippen LogP contribution in [0.1, 0.15) is 26.2 Å². The first-order chi connectivity index (χ1) is 4.16. The first-order valence-electron chi connectivity index (χ1n) is 3.36. The van der Waals surface area contributed by atoms with E-state index in [4.69, 9.17) is 11.0 Å². The van der Waals surface area contributed by atoms with Crippen LogP contribution >= 0.6 is 0 Å². The van der Waals surface area contributed by atoms with Crippen molar-refractivity contribution >= 4 is 0 Å². The summed E-state index contributed by atoms with van der Waals surface area (Å²) in [5, 5.41) is 8.57. The van der Waals surface area contributed by atoms with Crippen LogP contribution in [0.15, 0.2) is 0 Å². The Labute approximate surface area is 55.7 Å². The lowest BCUT2D eigenvalue weighted by Gasteiger charge is -2.11. The first kappa shape index (κ1) is 6.57. The first-order valence-corrected chi connectivity index (χ1v) is 3.36. The van der Waals surface area contributed by atoms with Gasteiger partial charge in [0.2, 0.25) is 0 Å². The van der Waals surface area contributed by atoms with E-state index < -0.39 is 5.54 Å². The van der Waals surface area contributed by atoms with Gasteiger partial charge in [-0.05, 0) is 25.2 Å². The Morgan fingerprint density at radius 2 is 2.44 bits per heavy atom. The second-order valence-electron chi connectivity index (χ2n) is 3.12. The fourth-order valence-electron chi connectivity index (χ4n) is 1.43. The minimum Gasteiger partial charge on any atom is -0.313 e. The SMILES string of the molecule is CC1CCC(N)(C#N)C1. The van der Waals surface area contributed by atoms with Gasteiger partial charge in [-0.25, -0.2) is 0 Å². The van der Waals surface area contributed by atoms with E-state index in [1.807, 2.05) is 0 Å². The third kappa shape index (κ3) is 1.22. The van der Waals surface area contributed by atoms with Crippen molar-refractivity contribution in [3.8, 4) is 6.07 Å². The van der Waals surface area contributed by atoms with Gasteiger partial charge in [-0.1, -0.05) is 6.92 Å². The predicted molar refractivity (Wildman–Crippen MR) is 35.5 cm³/mol. The Morgan fingerprint density at radius 1 is 1.78 bits per heavy atom. The van der Waals surface area contributed by atoms with E-state index in [2.05, 4.69) is 13.0 Å². The van der Waals surface area contributed by atoms with Crippen molar-refractivity contribution in [2.75, 3.05) is 0 Å². The Kier molecular flexibility index (Phi) is 1.46. The zero-order valence-corrected chi connectivity index (χ0v) is 5.72. The summed E-state index contributed by atoms with van der Waals surface area (Å²) in [4.78, 5) is 0. The van der Waals surface area contributed by atoms with Gasteiger partial charge in [-0.15, -0.1) is 0 Å². The van der Waals surface area contributed by atoms with E-state index in [-0.39, 0.29) is 0 Å². The molecule has 9 heavy (non-hydrogen) atoms. The van der Waals surface area contributed by atoms with E-state index in [1.54, 1.807) is 0 Å². The van der Waals surface area contributed by atoms with Crippen molar-refractivity contribution in [1.82, 2.24) is 0 Å². The molecule has 1 aliphatic rings. The van der Waals surface area contributed by atoms with Crippen LogP contribution in [-0.4, -0.2) is 5.54 Å². The minimum absolute atomic E-state index is 0.487. The second-order valence-corrected chi connectivity index (χ2v) is 3.12. The smallest absolute Gasteiger partial charge is 0.104 e. The molecule has 0 aliphatic heterocycles. The number of nitrogens with two attached hydrogens (primary N) is 1. The molecule has 0 amide bonds. The average molecular weight is 124 g/mol. The molecule has 0 saturated heterocycles. The molecule has 1 fully saturated rings. The number of hydrogen-bond donors (Lipinski definition) is 1. The second kappa shape index (κ2) is 2.00. The van der Waals surface area contributed by atoms with Gasteiger partial charge in [-0.2, -0.15) is 5.26 Å². The van der Waals surface area contributed by atoms with Gasteiger partial charge < -0.3 is 5.73 Å². The minimum atomic E-state index is -0.487. The van der Waals surface area contributed by atoms with Crippen LogP contribution in [0, 0.1) is 17.2 Å². The van der Waals surface area contributed by atoms with Crippen molar-refractivity contribution in [2.45, 2.75) is 31.7 Å². The summed E-state index contributed by atoms with van der Waals surface area (Å²) >= 11 is 0. The van der Waals surface area contributed by atoms with E-state index >= 15 is 0 Å². The highest BCUT2D eigenvalue weighted by molar-refractivity contribution is 5.08. The largest absolute Gasteiger partial charge is 0.313 e. The van der Waals surface area contributed by atoms with Crippen LogP contribution in [0.4, 0.5) is 0 Å². The van der Waals surface area contributed by atoms with Gasteiger partial charge in [0.15, 0.2) is 0 Å². The Morgan fingerprint density at radius 3 is 2.67 bits per heavy atom. The Bertz CT molecular complexity index is 147. The van der Waals surface area contributed by atoms with Crippen LogP contribution in [-0.2, 0) is 0 Å². The van der Waals surface area contributed by atoms with Gasteiger partial charge in [0.05, 0.1) is 6.07 Å². The van der Waals surface area contributed by atoms with E-state index in [9.17, 15) is 0 Å². The summed E-state index contributed by atoms with van der Waals surface area (Å²) in [7, 11) is 0. The molecule has 2 nitrogen and oxygen atoms in total. The summed E-state index contributed by atoms with van der Waals surface area (Å²) in [6.45, 7) is 2.14. The average Bonchev–Trinajstić information content (AvgIpc) is 2.13. The summed E-state index contributed by atoms with van der Waals surface area (Å²) in [6.07, 6.45) is 2.87. The summed E-state index contributed by atoms with van der Waals surface area (Å²) in [5.41, 5.74) is 5.20. The molecule has 2 N–H and O–H groups in total. The molecule has 0 heterocycles. The Balaban J connectivity index is 2.58. The molecule has 0 bridgehead atoms. The van der Waals surface area contributed by atoms with Crippen molar-refractivity contribution in [3.63, 3.8) is 0 Å². The van der Waals surface area contributed by atoms with Crippen molar-refractivity contribution in [3.05, 3.63) is 0 Å². The van der Waals surface area contributed by atoms with Gasteiger partial charge in [0, 0.05) is 0 Å². The molecular formula is C7H12N2. The van der Waals surface area contributed by atoms with Crippen molar-refractivity contribution in [1.29, 1.82) is 5.26 Å². The molecule has 1 saturated carbocycles. The standard InChI is InChI=1S/C7H12N2/c1-6-2-3-7(9,4-6)5-8/h6H,2-4,9H2,1H3. The number of nitriles is 1. The van der Waals surface area contributed by atoms with Gasteiger partial charge in [-0.3, -0.25) is 0 Å². The van der Waals surface area contributed by atoms with Crippen LogP contribution in [0.5, 0.6) is 0 Å². The molecule has 2 heteroatoms. The zero-order chi connectivity index (χ0) is 6.91. The van der Waals surface area contributed by atoms with E-state index in [0.717, 1.165) is 19.3 Å². The third-order valence-electron chi connectivity index (χ3n) is 2.02. The quantitative estimate of drug-likeness (QED) is 0.524. The molecule has 1 aliphatic carbocycles. The van der Waals surface area contributed by atoms with Crippen molar-refractivity contribution in [2.24, 2.45) is 11.7 Å². The molecule has 2 unspecified atom stereocenters. The molecule has 1 rings (SSSR count). The molecule has 0 spiro atoms. The maximum absolute atomic E-state index is 8.57. The number of nitrogens with zero attached hydrogens (tertiary/aromatic N) is 1. The van der Waals surface area contributed by atoms with Crippen LogP contribution in [0.25, 0.3) is 0 Å².